The fraction of sp³-hybridized carbons (Fsp3) is 0.647. The molecule has 0 atom stereocenters. The molecule has 0 aliphatic heterocycles. The van der Waals surface area contributed by atoms with Gasteiger partial charge >= 0.3 is 0 Å². The summed E-state index contributed by atoms with van der Waals surface area (Å²) in [6.45, 7) is 8.43. The summed E-state index contributed by atoms with van der Waals surface area (Å²) in [5.41, 5.74) is 1.20. The van der Waals surface area contributed by atoms with Gasteiger partial charge in [-0.2, -0.15) is 0 Å². The van der Waals surface area contributed by atoms with Gasteiger partial charge in [-0.05, 0) is 29.2 Å². The zero-order chi connectivity index (χ0) is 15.9. The van der Waals surface area contributed by atoms with E-state index in [1.54, 1.807) is 17.8 Å². The molecule has 0 spiro atoms. The molecule has 0 saturated carbocycles. The van der Waals surface area contributed by atoms with Crippen LogP contribution in [0.15, 0.2) is 23.1 Å². The molecule has 0 heterocycles. The van der Waals surface area contributed by atoms with Crippen molar-refractivity contribution in [2.75, 3.05) is 5.75 Å². The van der Waals surface area contributed by atoms with Crippen LogP contribution in [0.2, 0.25) is 0 Å². The molecule has 0 aliphatic carbocycles. The molecule has 0 saturated heterocycles. The van der Waals surface area contributed by atoms with Crippen LogP contribution in [-0.2, 0) is 5.41 Å². The zero-order valence-electron chi connectivity index (χ0n) is 13.6. The van der Waals surface area contributed by atoms with Crippen LogP contribution in [0.25, 0.3) is 0 Å². The van der Waals surface area contributed by atoms with Crippen LogP contribution >= 0.6 is 11.8 Å². The van der Waals surface area contributed by atoms with Gasteiger partial charge in [0.05, 0.1) is 9.82 Å². The first-order valence-corrected chi connectivity index (χ1v) is 8.76. The summed E-state index contributed by atoms with van der Waals surface area (Å²) in [6.07, 6.45) is 6.14. The van der Waals surface area contributed by atoms with Gasteiger partial charge in [0.25, 0.3) is 5.69 Å². The second kappa shape index (κ2) is 8.42. The van der Waals surface area contributed by atoms with E-state index in [1.807, 2.05) is 12.1 Å². The summed E-state index contributed by atoms with van der Waals surface area (Å²) in [5, 5.41) is 11.3. The molecule has 21 heavy (non-hydrogen) atoms. The van der Waals surface area contributed by atoms with Gasteiger partial charge in [-0.1, -0.05) is 59.4 Å². The highest BCUT2D eigenvalue weighted by Crippen LogP contribution is 2.34. The first-order valence-electron chi connectivity index (χ1n) is 7.78. The Morgan fingerprint density at radius 3 is 2.38 bits per heavy atom. The lowest BCUT2D eigenvalue weighted by molar-refractivity contribution is -0.387. The molecule has 0 bridgehead atoms. The van der Waals surface area contributed by atoms with E-state index in [0.29, 0.717) is 0 Å². The maximum atomic E-state index is 11.3. The normalized spacial score (nSPS) is 11.6. The first-order chi connectivity index (χ1) is 9.86. The van der Waals surface area contributed by atoms with E-state index in [2.05, 4.69) is 27.7 Å². The van der Waals surface area contributed by atoms with E-state index in [-0.39, 0.29) is 16.0 Å². The predicted octanol–water partition coefficient (Wildman–Crippen LogP) is 5.95. The van der Waals surface area contributed by atoms with Gasteiger partial charge < -0.3 is 0 Å². The van der Waals surface area contributed by atoms with Crippen LogP contribution in [0, 0.1) is 10.1 Å². The SMILES string of the molecule is CCCCCCCSc1ccc(C(C)(C)C)cc1[N+](=O)[O-]. The number of thioether (sulfide) groups is 1. The molecule has 0 aliphatic rings. The summed E-state index contributed by atoms with van der Waals surface area (Å²) >= 11 is 1.61. The Morgan fingerprint density at radius 1 is 1.14 bits per heavy atom. The number of hydrogen-bond acceptors (Lipinski definition) is 3. The lowest BCUT2D eigenvalue weighted by atomic mass is 9.87. The molecular weight excluding hydrogens is 282 g/mol. The lowest BCUT2D eigenvalue weighted by Gasteiger charge is -2.19. The molecular formula is C17H27NO2S. The van der Waals surface area contributed by atoms with Crippen molar-refractivity contribution in [1.29, 1.82) is 0 Å². The Hall–Kier alpha value is -1.03. The third kappa shape index (κ3) is 6.08. The maximum Gasteiger partial charge on any atom is 0.283 e. The predicted molar refractivity (Wildman–Crippen MR) is 91.3 cm³/mol. The van der Waals surface area contributed by atoms with Gasteiger partial charge in [0.15, 0.2) is 0 Å². The van der Waals surface area contributed by atoms with E-state index in [1.165, 1.54) is 25.7 Å². The van der Waals surface area contributed by atoms with Crippen molar-refractivity contribution in [3.63, 3.8) is 0 Å². The molecule has 0 radical (unpaired) electrons. The minimum absolute atomic E-state index is 0.0614. The molecule has 0 fully saturated rings. The Labute approximate surface area is 132 Å². The quantitative estimate of drug-likeness (QED) is 0.258. The maximum absolute atomic E-state index is 11.3. The average Bonchev–Trinajstić information content (AvgIpc) is 2.41. The highest BCUT2D eigenvalue weighted by Gasteiger charge is 2.20. The Bertz CT molecular complexity index is 466. The fourth-order valence-electron chi connectivity index (χ4n) is 2.14. The number of benzene rings is 1. The zero-order valence-corrected chi connectivity index (χ0v) is 14.5. The third-order valence-corrected chi connectivity index (χ3v) is 4.68. The Morgan fingerprint density at radius 2 is 1.81 bits per heavy atom. The van der Waals surface area contributed by atoms with Crippen molar-refractivity contribution in [2.45, 2.75) is 70.1 Å². The van der Waals surface area contributed by atoms with E-state index in [4.69, 9.17) is 0 Å². The molecule has 0 amide bonds. The number of hydrogen-bond donors (Lipinski definition) is 0. The molecule has 3 nitrogen and oxygen atoms in total. The van der Waals surface area contributed by atoms with E-state index in [9.17, 15) is 10.1 Å². The van der Waals surface area contributed by atoms with Crippen LogP contribution in [0.4, 0.5) is 5.69 Å². The Kier molecular flexibility index (Phi) is 7.23. The molecule has 1 aromatic carbocycles. The third-order valence-electron chi connectivity index (χ3n) is 3.53. The average molecular weight is 309 g/mol. The molecule has 4 heteroatoms. The largest absolute Gasteiger partial charge is 0.283 e. The standard InChI is InChI=1S/C17H27NO2S/c1-5-6-7-8-9-12-21-16-11-10-14(17(2,3)4)13-15(16)18(19)20/h10-11,13H,5-9,12H2,1-4H3. The van der Waals surface area contributed by atoms with E-state index >= 15 is 0 Å². The Balaban J connectivity index is 2.67. The number of nitrogens with zero attached hydrogens (tertiary/aromatic N) is 1. The topological polar surface area (TPSA) is 43.1 Å². The first kappa shape index (κ1) is 18.0. The second-order valence-electron chi connectivity index (χ2n) is 6.45. The van der Waals surface area contributed by atoms with Crippen LogP contribution in [-0.4, -0.2) is 10.7 Å². The summed E-state index contributed by atoms with van der Waals surface area (Å²) < 4.78 is 0. The number of rotatable bonds is 8. The summed E-state index contributed by atoms with van der Waals surface area (Å²) in [6, 6.07) is 5.67. The molecule has 0 N–H and O–H groups in total. The molecule has 1 aromatic rings. The van der Waals surface area contributed by atoms with Crippen LogP contribution in [0.3, 0.4) is 0 Å². The lowest BCUT2D eigenvalue weighted by Crippen LogP contribution is -2.11. The van der Waals surface area contributed by atoms with Crippen molar-refractivity contribution in [3.05, 3.63) is 33.9 Å². The van der Waals surface area contributed by atoms with Gasteiger partial charge in [-0.25, -0.2) is 0 Å². The molecule has 1 rings (SSSR count). The van der Waals surface area contributed by atoms with Crippen molar-refractivity contribution >= 4 is 17.4 Å². The molecule has 0 unspecified atom stereocenters. The number of nitro groups is 1. The van der Waals surface area contributed by atoms with E-state index < -0.39 is 0 Å². The summed E-state index contributed by atoms with van der Waals surface area (Å²) in [4.78, 5) is 11.8. The summed E-state index contributed by atoms with van der Waals surface area (Å²) in [7, 11) is 0. The van der Waals surface area contributed by atoms with Crippen LogP contribution < -0.4 is 0 Å². The second-order valence-corrected chi connectivity index (χ2v) is 7.59. The van der Waals surface area contributed by atoms with Gasteiger partial charge in [0.2, 0.25) is 0 Å². The summed E-state index contributed by atoms with van der Waals surface area (Å²) in [5.74, 6) is 0.958. The fourth-order valence-corrected chi connectivity index (χ4v) is 3.15. The highest BCUT2D eigenvalue weighted by molar-refractivity contribution is 7.99. The minimum Gasteiger partial charge on any atom is -0.258 e. The van der Waals surface area contributed by atoms with E-state index in [0.717, 1.165) is 22.6 Å². The van der Waals surface area contributed by atoms with Gasteiger partial charge in [-0.3, -0.25) is 10.1 Å². The van der Waals surface area contributed by atoms with Gasteiger partial charge in [0.1, 0.15) is 0 Å². The van der Waals surface area contributed by atoms with Crippen molar-refractivity contribution in [3.8, 4) is 0 Å². The van der Waals surface area contributed by atoms with Crippen LogP contribution in [0.5, 0.6) is 0 Å². The number of unbranched alkanes of at least 4 members (excludes halogenated alkanes) is 4. The van der Waals surface area contributed by atoms with Crippen molar-refractivity contribution in [2.24, 2.45) is 0 Å². The molecule has 118 valence electrons. The van der Waals surface area contributed by atoms with Gasteiger partial charge in [0, 0.05) is 6.07 Å². The molecule has 0 aromatic heterocycles. The minimum atomic E-state index is -0.255. The van der Waals surface area contributed by atoms with Gasteiger partial charge in [-0.15, -0.1) is 11.8 Å². The number of nitro benzene ring substituents is 1. The van der Waals surface area contributed by atoms with Crippen molar-refractivity contribution in [1.82, 2.24) is 0 Å². The highest BCUT2D eigenvalue weighted by atomic mass is 32.2. The monoisotopic (exact) mass is 309 g/mol. The van der Waals surface area contributed by atoms with Crippen LogP contribution in [0.1, 0.15) is 65.4 Å². The van der Waals surface area contributed by atoms with Crippen molar-refractivity contribution < 1.29 is 4.92 Å². The smallest absolute Gasteiger partial charge is 0.258 e.